The summed E-state index contributed by atoms with van der Waals surface area (Å²) < 4.78 is 16.5. The van der Waals surface area contributed by atoms with Gasteiger partial charge in [0.25, 0.3) is 0 Å². The Hall–Kier alpha value is -1.79. The van der Waals surface area contributed by atoms with Crippen molar-refractivity contribution in [3.8, 4) is 11.5 Å². The third kappa shape index (κ3) is 4.68. The van der Waals surface area contributed by atoms with Crippen LogP contribution in [0.5, 0.6) is 11.5 Å². The summed E-state index contributed by atoms with van der Waals surface area (Å²) in [6.07, 6.45) is 3.89. The highest BCUT2D eigenvalue weighted by molar-refractivity contribution is 5.76. The second-order valence-electron chi connectivity index (χ2n) is 6.97. The maximum Gasteiger partial charge on any atom is 0.222 e. The number of hydrogen-bond acceptors (Lipinski definition) is 5. The number of piperazine rings is 1. The molecule has 1 aromatic carbocycles. The van der Waals surface area contributed by atoms with E-state index < -0.39 is 0 Å². The van der Waals surface area contributed by atoms with Crippen molar-refractivity contribution in [1.29, 1.82) is 0 Å². The zero-order valence-corrected chi connectivity index (χ0v) is 15.9. The van der Waals surface area contributed by atoms with Gasteiger partial charge >= 0.3 is 0 Å². The van der Waals surface area contributed by atoms with E-state index in [0.717, 1.165) is 50.6 Å². The van der Waals surface area contributed by atoms with E-state index in [-0.39, 0.29) is 5.91 Å². The zero-order valence-electron chi connectivity index (χ0n) is 15.9. The summed E-state index contributed by atoms with van der Waals surface area (Å²) in [6.45, 7) is 5.39. The molecule has 26 heavy (non-hydrogen) atoms. The van der Waals surface area contributed by atoms with Crippen LogP contribution in [0.3, 0.4) is 0 Å². The van der Waals surface area contributed by atoms with Gasteiger partial charge in [0.1, 0.15) is 0 Å². The summed E-state index contributed by atoms with van der Waals surface area (Å²) in [4.78, 5) is 17.0. The summed E-state index contributed by atoms with van der Waals surface area (Å²) in [5.41, 5.74) is 1.01. The third-order valence-corrected chi connectivity index (χ3v) is 5.30. The van der Waals surface area contributed by atoms with Gasteiger partial charge in [-0.1, -0.05) is 12.1 Å². The molecule has 2 aliphatic heterocycles. The van der Waals surface area contributed by atoms with Crippen LogP contribution in [-0.2, 0) is 16.0 Å². The second kappa shape index (κ2) is 9.24. The van der Waals surface area contributed by atoms with Gasteiger partial charge in [0.2, 0.25) is 5.91 Å². The first-order valence-electron chi connectivity index (χ1n) is 9.53. The van der Waals surface area contributed by atoms with Crippen molar-refractivity contribution in [2.45, 2.75) is 31.8 Å². The van der Waals surface area contributed by atoms with Crippen LogP contribution < -0.4 is 9.47 Å². The summed E-state index contributed by atoms with van der Waals surface area (Å²) in [6, 6.07) is 5.80. The molecule has 0 N–H and O–H groups in total. The summed E-state index contributed by atoms with van der Waals surface area (Å²) in [7, 11) is 3.26. The molecular weight excluding hydrogens is 332 g/mol. The molecule has 6 nitrogen and oxygen atoms in total. The van der Waals surface area contributed by atoms with Crippen molar-refractivity contribution in [3.05, 3.63) is 23.8 Å². The van der Waals surface area contributed by atoms with Crippen LogP contribution in [0, 0.1) is 0 Å². The van der Waals surface area contributed by atoms with Crippen LogP contribution in [0.25, 0.3) is 0 Å². The highest BCUT2D eigenvalue weighted by Crippen LogP contribution is 2.31. The number of hydrogen-bond donors (Lipinski definition) is 0. The molecule has 0 saturated carbocycles. The monoisotopic (exact) mass is 362 g/mol. The Kier molecular flexibility index (Phi) is 6.74. The predicted molar refractivity (Wildman–Crippen MR) is 99.9 cm³/mol. The maximum absolute atomic E-state index is 12.6. The average molecular weight is 362 g/mol. The molecule has 144 valence electrons. The Bertz CT molecular complexity index is 593. The Morgan fingerprint density at radius 1 is 1.19 bits per heavy atom. The highest BCUT2D eigenvalue weighted by atomic mass is 16.5. The first-order chi connectivity index (χ1) is 12.7. The first kappa shape index (κ1) is 19.0. The van der Waals surface area contributed by atoms with Gasteiger partial charge in [-0.15, -0.1) is 0 Å². The lowest BCUT2D eigenvalue weighted by atomic mass is 10.1. The molecule has 1 aromatic rings. The van der Waals surface area contributed by atoms with Gasteiger partial charge < -0.3 is 19.1 Å². The number of methoxy groups -OCH3 is 2. The highest BCUT2D eigenvalue weighted by Gasteiger charge is 2.25. The molecule has 1 amide bonds. The van der Waals surface area contributed by atoms with E-state index in [0.29, 0.717) is 24.7 Å². The summed E-state index contributed by atoms with van der Waals surface area (Å²) in [5.74, 6) is 1.65. The lowest BCUT2D eigenvalue weighted by molar-refractivity contribution is -0.133. The number of carbonyl (C=O) groups is 1. The number of benzene rings is 1. The summed E-state index contributed by atoms with van der Waals surface area (Å²) >= 11 is 0. The zero-order chi connectivity index (χ0) is 18.4. The fourth-order valence-corrected chi connectivity index (χ4v) is 3.81. The number of nitrogens with zero attached hydrogens (tertiary/aromatic N) is 2. The van der Waals surface area contributed by atoms with Crippen LogP contribution >= 0.6 is 0 Å². The third-order valence-electron chi connectivity index (χ3n) is 5.30. The van der Waals surface area contributed by atoms with Gasteiger partial charge in [0, 0.05) is 45.8 Å². The molecule has 2 heterocycles. The standard InChI is InChI=1S/C20H30N2O4/c1-24-18-7-3-5-16(20(18)25-2)8-9-19(23)22-12-10-21(11-13-22)15-17-6-4-14-26-17/h3,5,7,17H,4,6,8-15H2,1-2H3/t17-/m1/s1. The Morgan fingerprint density at radius 3 is 2.65 bits per heavy atom. The molecule has 2 aliphatic rings. The van der Waals surface area contributed by atoms with Crippen molar-refractivity contribution in [2.24, 2.45) is 0 Å². The molecule has 3 rings (SSSR count). The summed E-state index contributed by atoms with van der Waals surface area (Å²) in [5, 5.41) is 0. The van der Waals surface area contributed by atoms with Crippen molar-refractivity contribution in [3.63, 3.8) is 0 Å². The Labute approximate surface area is 156 Å². The minimum Gasteiger partial charge on any atom is -0.493 e. The number of para-hydroxylation sites is 1. The van der Waals surface area contributed by atoms with Crippen LogP contribution in [0.4, 0.5) is 0 Å². The Morgan fingerprint density at radius 2 is 2.00 bits per heavy atom. The number of amides is 1. The molecule has 2 saturated heterocycles. The van der Waals surface area contributed by atoms with Crippen LogP contribution in [0.1, 0.15) is 24.8 Å². The second-order valence-corrected chi connectivity index (χ2v) is 6.97. The smallest absolute Gasteiger partial charge is 0.222 e. The molecule has 0 radical (unpaired) electrons. The van der Waals surface area contributed by atoms with E-state index in [4.69, 9.17) is 14.2 Å². The minimum atomic E-state index is 0.214. The molecule has 0 spiro atoms. The normalized spacial score (nSPS) is 21.0. The van der Waals surface area contributed by atoms with Crippen molar-refractivity contribution in [1.82, 2.24) is 9.80 Å². The van der Waals surface area contributed by atoms with E-state index >= 15 is 0 Å². The molecule has 0 unspecified atom stereocenters. The molecule has 0 bridgehead atoms. The van der Waals surface area contributed by atoms with E-state index in [2.05, 4.69) is 4.90 Å². The predicted octanol–water partition coefficient (Wildman–Crippen LogP) is 1.96. The van der Waals surface area contributed by atoms with E-state index in [1.165, 1.54) is 12.8 Å². The van der Waals surface area contributed by atoms with E-state index in [1.807, 2.05) is 23.1 Å². The lowest BCUT2D eigenvalue weighted by Crippen LogP contribution is -2.50. The van der Waals surface area contributed by atoms with Crippen molar-refractivity contribution < 1.29 is 19.0 Å². The fraction of sp³-hybridized carbons (Fsp3) is 0.650. The molecule has 1 atom stereocenters. The molecule has 0 aromatic heterocycles. The van der Waals surface area contributed by atoms with Crippen molar-refractivity contribution >= 4 is 5.91 Å². The number of ether oxygens (including phenoxy) is 3. The lowest BCUT2D eigenvalue weighted by Gasteiger charge is -2.35. The minimum absolute atomic E-state index is 0.214. The van der Waals surface area contributed by atoms with Gasteiger partial charge in [-0.25, -0.2) is 0 Å². The average Bonchev–Trinajstić information content (AvgIpc) is 3.19. The number of carbonyl (C=O) groups excluding carboxylic acids is 1. The van der Waals surface area contributed by atoms with Crippen molar-refractivity contribution in [2.75, 3.05) is 53.6 Å². The molecular formula is C20H30N2O4. The quantitative estimate of drug-likeness (QED) is 0.742. The molecule has 0 aliphatic carbocycles. The van der Waals surface area contributed by atoms with Crippen LogP contribution in [0.2, 0.25) is 0 Å². The van der Waals surface area contributed by atoms with Gasteiger partial charge in [0.15, 0.2) is 11.5 Å². The maximum atomic E-state index is 12.6. The first-order valence-corrected chi connectivity index (χ1v) is 9.53. The fourth-order valence-electron chi connectivity index (χ4n) is 3.81. The topological polar surface area (TPSA) is 51.2 Å². The van der Waals surface area contributed by atoms with E-state index in [9.17, 15) is 4.79 Å². The number of rotatable bonds is 7. The SMILES string of the molecule is COc1cccc(CCC(=O)N2CCN(C[C@H]3CCCO3)CC2)c1OC. The van der Waals surface area contributed by atoms with Gasteiger partial charge in [-0.3, -0.25) is 9.69 Å². The van der Waals surface area contributed by atoms with Gasteiger partial charge in [-0.2, -0.15) is 0 Å². The Balaban J connectivity index is 1.46. The largest absolute Gasteiger partial charge is 0.493 e. The molecule has 6 heteroatoms. The van der Waals surface area contributed by atoms with Gasteiger partial charge in [-0.05, 0) is 30.9 Å². The van der Waals surface area contributed by atoms with Gasteiger partial charge in [0.05, 0.1) is 20.3 Å². The van der Waals surface area contributed by atoms with Crippen LogP contribution in [0.15, 0.2) is 18.2 Å². The molecule has 2 fully saturated rings. The van der Waals surface area contributed by atoms with E-state index in [1.54, 1.807) is 14.2 Å². The van der Waals surface area contributed by atoms with Crippen LogP contribution in [-0.4, -0.2) is 75.4 Å². The number of aryl methyl sites for hydroxylation is 1.